The Bertz CT molecular complexity index is 688. The molecular weight excluding hydrogens is 296 g/mol. The normalized spacial score (nSPS) is 11.4. The van der Waals surface area contributed by atoms with Gasteiger partial charge in [0, 0.05) is 20.7 Å². The zero-order chi connectivity index (χ0) is 15.4. The molecule has 1 aromatic heterocycles. The van der Waals surface area contributed by atoms with Crippen molar-refractivity contribution in [1.29, 1.82) is 0 Å². The SMILES string of the molecule is C=CC=C(C=C)Sc1cc(C)c(-c2csc(N)n2)c(C)c1. The zero-order valence-corrected chi connectivity index (χ0v) is 13.9. The highest BCUT2D eigenvalue weighted by molar-refractivity contribution is 8.03. The summed E-state index contributed by atoms with van der Waals surface area (Å²) in [4.78, 5) is 6.65. The molecule has 0 unspecified atom stereocenters. The lowest BCUT2D eigenvalue weighted by Gasteiger charge is -2.11. The third-order valence-electron chi connectivity index (χ3n) is 3.00. The maximum atomic E-state index is 5.74. The number of benzene rings is 1. The van der Waals surface area contributed by atoms with Crippen LogP contribution in [0.5, 0.6) is 0 Å². The Morgan fingerprint density at radius 2 is 1.95 bits per heavy atom. The molecule has 0 aliphatic heterocycles. The van der Waals surface area contributed by atoms with E-state index in [4.69, 9.17) is 5.73 Å². The molecule has 1 heterocycles. The number of nitrogens with zero attached hydrogens (tertiary/aromatic N) is 1. The second-order valence-electron chi connectivity index (χ2n) is 4.61. The average Bonchev–Trinajstić information content (AvgIpc) is 2.83. The molecule has 0 amide bonds. The number of aryl methyl sites for hydroxylation is 2. The van der Waals surface area contributed by atoms with Crippen molar-refractivity contribution in [2.75, 3.05) is 5.73 Å². The summed E-state index contributed by atoms with van der Waals surface area (Å²) in [6.45, 7) is 11.8. The Balaban J connectivity index is 2.39. The van der Waals surface area contributed by atoms with Gasteiger partial charge in [-0.05, 0) is 43.2 Å². The molecule has 2 nitrogen and oxygen atoms in total. The van der Waals surface area contributed by atoms with E-state index >= 15 is 0 Å². The summed E-state index contributed by atoms with van der Waals surface area (Å²) in [5, 5.41) is 2.61. The number of nitrogen functional groups attached to an aromatic ring is 1. The summed E-state index contributed by atoms with van der Waals surface area (Å²) < 4.78 is 0. The first-order chi connectivity index (χ1) is 10.0. The highest BCUT2D eigenvalue weighted by Crippen LogP contribution is 2.35. The van der Waals surface area contributed by atoms with Crippen molar-refractivity contribution in [3.05, 3.63) is 64.9 Å². The van der Waals surface area contributed by atoms with E-state index < -0.39 is 0 Å². The Hall–Kier alpha value is -1.78. The van der Waals surface area contributed by atoms with Gasteiger partial charge in [-0.1, -0.05) is 37.1 Å². The van der Waals surface area contributed by atoms with Gasteiger partial charge in [0.1, 0.15) is 0 Å². The first-order valence-corrected chi connectivity index (χ1v) is 8.20. The maximum absolute atomic E-state index is 5.74. The summed E-state index contributed by atoms with van der Waals surface area (Å²) in [6.07, 6.45) is 5.57. The Morgan fingerprint density at radius 3 is 2.43 bits per heavy atom. The molecule has 4 heteroatoms. The van der Waals surface area contributed by atoms with Crippen LogP contribution in [0.3, 0.4) is 0 Å². The van der Waals surface area contributed by atoms with E-state index in [-0.39, 0.29) is 0 Å². The molecule has 2 N–H and O–H groups in total. The molecule has 21 heavy (non-hydrogen) atoms. The van der Waals surface area contributed by atoms with Crippen LogP contribution in [0, 0.1) is 13.8 Å². The zero-order valence-electron chi connectivity index (χ0n) is 12.2. The first kappa shape index (κ1) is 15.6. The monoisotopic (exact) mass is 314 g/mol. The van der Waals surface area contributed by atoms with Gasteiger partial charge in [0.2, 0.25) is 0 Å². The molecule has 0 saturated heterocycles. The predicted octanol–water partition coefficient (Wildman–Crippen LogP) is 5.36. The van der Waals surface area contributed by atoms with E-state index in [0.717, 1.165) is 10.6 Å². The van der Waals surface area contributed by atoms with Crippen LogP contribution in [-0.4, -0.2) is 4.98 Å². The third kappa shape index (κ3) is 3.65. The van der Waals surface area contributed by atoms with Crippen LogP contribution in [0.2, 0.25) is 0 Å². The van der Waals surface area contributed by atoms with Gasteiger partial charge >= 0.3 is 0 Å². The molecule has 2 rings (SSSR count). The van der Waals surface area contributed by atoms with Crippen LogP contribution in [-0.2, 0) is 0 Å². The highest BCUT2D eigenvalue weighted by Gasteiger charge is 2.11. The Morgan fingerprint density at radius 1 is 1.29 bits per heavy atom. The summed E-state index contributed by atoms with van der Waals surface area (Å²) >= 11 is 3.15. The smallest absolute Gasteiger partial charge is 0.180 e. The van der Waals surface area contributed by atoms with Crippen LogP contribution >= 0.6 is 23.1 Å². The number of rotatable bonds is 5. The molecule has 0 fully saturated rings. The number of hydrogen-bond donors (Lipinski definition) is 1. The lowest BCUT2D eigenvalue weighted by Crippen LogP contribution is -1.91. The van der Waals surface area contributed by atoms with Crippen molar-refractivity contribution in [3.8, 4) is 11.3 Å². The summed E-state index contributed by atoms with van der Waals surface area (Å²) in [7, 11) is 0. The number of aromatic nitrogens is 1. The molecule has 0 atom stereocenters. The molecule has 2 aromatic rings. The molecule has 0 aliphatic carbocycles. The second kappa shape index (κ2) is 6.78. The van der Waals surface area contributed by atoms with E-state index in [1.807, 2.05) is 17.5 Å². The second-order valence-corrected chi connectivity index (χ2v) is 6.65. The average molecular weight is 314 g/mol. The minimum Gasteiger partial charge on any atom is -0.375 e. The van der Waals surface area contributed by atoms with Crippen molar-refractivity contribution in [1.82, 2.24) is 4.98 Å². The molecule has 0 aliphatic rings. The molecule has 0 spiro atoms. The molecule has 0 radical (unpaired) electrons. The Kier molecular flexibility index (Phi) is 5.04. The van der Waals surface area contributed by atoms with Gasteiger partial charge < -0.3 is 5.73 Å². The molecular formula is C17H18N2S2. The standard InChI is InChI=1S/C17H18N2S2/c1-5-7-13(6-2)21-14-8-11(3)16(12(4)9-14)15-10-20-17(18)19-15/h5-10H,1-2H2,3-4H3,(H2,18,19). The summed E-state index contributed by atoms with van der Waals surface area (Å²) in [5.74, 6) is 0. The molecule has 0 saturated carbocycles. The fourth-order valence-electron chi connectivity index (χ4n) is 2.19. The highest BCUT2D eigenvalue weighted by atomic mass is 32.2. The fourth-order valence-corrected chi connectivity index (χ4v) is 3.73. The van der Waals surface area contributed by atoms with Crippen molar-refractivity contribution in [3.63, 3.8) is 0 Å². The maximum Gasteiger partial charge on any atom is 0.180 e. The number of thioether (sulfide) groups is 1. The number of anilines is 1. The van der Waals surface area contributed by atoms with Crippen LogP contribution in [0.25, 0.3) is 11.3 Å². The van der Waals surface area contributed by atoms with E-state index in [9.17, 15) is 0 Å². The van der Waals surface area contributed by atoms with Crippen LogP contribution in [0.15, 0.2) is 58.7 Å². The van der Waals surface area contributed by atoms with Gasteiger partial charge in [-0.25, -0.2) is 4.98 Å². The topological polar surface area (TPSA) is 38.9 Å². The van der Waals surface area contributed by atoms with Crippen molar-refractivity contribution in [2.24, 2.45) is 0 Å². The number of hydrogen-bond acceptors (Lipinski definition) is 4. The lowest BCUT2D eigenvalue weighted by atomic mass is 10.0. The van der Waals surface area contributed by atoms with Crippen molar-refractivity contribution < 1.29 is 0 Å². The number of thiazole rings is 1. The quantitative estimate of drug-likeness (QED) is 0.596. The van der Waals surface area contributed by atoms with E-state index in [1.165, 1.54) is 32.9 Å². The fraction of sp³-hybridized carbons (Fsp3) is 0.118. The number of allylic oxidation sites excluding steroid dienone is 3. The minimum atomic E-state index is 0.602. The van der Waals surface area contributed by atoms with Gasteiger partial charge in [-0.2, -0.15) is 0 Å². The van der Waals surface area contributed by atoms with E-state index in [1.54, 1.807) is 17.8 Å². The van der Waals surface area contributed by atoms with Crippen LogP contribution in [0.4, 0.5) is 5.13 Å². The summed E-state index contributed by atoms with van der Waals surface area (Å²) in [5.41, 5.74) is 10.3. The first-order valence-electron chi connectivity index (χ1n) is 6.50. The minimum absolute atomic E-state index is 0.602. The van der Waals surface area contributed by atoms with Gasteiger partial charge in [-0.3, -0.25) is 0 Å². The van der Waals surface area contributed by atoms with Gasteiger partial charge in [0.05, 0.1) is 5.69 Å². The van der Waals surface area contributed by atoms with Crippen molar-refractivity contribution in [2.45, 2.75) is 18.7 Å². The molecule has 108 valence electrons. The van der Waals surface area contributed by atoms with Crippen LogP contribution in [0.1, 0.15) is 11.1 Å². The predicted molar refractivity (Wildman–Crippen MR) is 95.8 cm³/mol. The third-order valence-corrected chi connectivity index (χ3v) is 4.69. The van der Waals surface area contributed by atoms with E-state index in [2.05, 4.69) is 44.1 Å². The van der Waals surface area contributed by atoms with Gasteiger partial charge in [-0.15, -0.1) is 11.3 Å². The van der Waals surface area contributed by atoms with Crippen molar-refractivity contribution >= 4 is 28.2 Å². The molecule has 0 bridgehead atoms. The summed E-state index contributed by atoms with van der Waals surface area (Å²) in [6, 6.07) is 4.34. The van der Waals surface area contributed by atoms with E-state index in [0.29, 0.717) is 5.13 Å². The molecule has 1 aromatic carbocycles. The van der Waals surface area contributed by atoms with Gasteiger partial charge in [0.15, 0.2) is 5.13 Å². The number of nitrogens with two attached hydrogens (primary N) is 1. The van der Waals surface area contributed by atoms with Gasteiger partial charge in [0.25, 0.3) is 0 Å². The lowest BCUT2D eigenvalue weighted by molar-refractivity contribution is 1.27. The van der Waals surface area contributed by atoms with Crippen LogP contribution < -0.4 is 5.73 Å². The Labute approximate surface area is 134 Å². The largest absolute Gasteiger partial charge is 0.375 e.